The third-order valence-electron chi connectivity index (χ3n) is 3.26. The number of benzene rings is 2. The van der Waals surface area contributed by atoms with E-state index in [-0.39, 0.29) is 5.70 Å². The topological polar surface area (TPSA) is 47.9 Å². The largest absolute Gasteiger partial charge is 0.489 e. The van der Waals surface area contributed by atoms with Crippen LogP contribution in [0.15, 0.2) is 71.9 Å². The number of hydrogen-bond acceptors (Lipinski definition) is 4. The van der Waals surface area contributed by atoms with E-state index in [9.17, 15) is 4.79 Å². The first kappa shape index (κ1) is 16.4. The molecule has 1 aliphatic rings. The van der Waals surface area contributed by atoms with E-state index < -0.39 is 5.97 Å². The van der Waals surface area contributed by atoms with Crippen LogP contribution in [-0.2, 0) is 9.53 Å². The Morgan fingerprint density at radius 1 is 1.21 bits per heavy atom. The lowest BCUT2D eigenvalue weighted by molar-refractivity contribution is -0.129. The van der Waals surface area contributed by atoms with Crippen LogP contribution in [-0.4, -0.2) is 18.5 Å². The number of aliphatic imine (C=N–C) groups is 1. The third kappa shape index (κ3) is 3.73. The Balaban J connectivity index is 1.93. The van der Waals surface area contributed by atoms with Crippen LogP contribution in [0.1, 0.15) is 11.1 Å². The molecule has 0 saturated carbocycles. The zero-order valence-electron chi connectivity index (χ0n) is 12.7. The van der Waals surface area contributed by atoms with E-state index in [1.165, 1.54) is 0 Å². The Kier molecular flexibility index (Phi) is 5.10. The van der Waals surface area contributed by atoms with E-state index in [0.717, 1.165) is 14.7 Å². The van der Waals surface area contributed by atoms with E-state index in [4.69, 9.17) is 9.47 Å². The molecule has 0 bridgehead atoms. The highest BCUT2D eigenvalue weighted by Gasteiger charge is 2.24. The molecule has 120 valence electrons. The molecule has 0 saturated heterocycles. The van der Waals surface area contributed by atoms with Crippen LogP contribution >= 0.6 is 22.6 Å². The smallest absolute Gasteiger partial charge is 0.363 e. The second-order valence-corrected chi connectivity index (χ2v) is 6.23. The van der Waals surface area contributed by atoms with Crippen LogP contribution in [0.2, 0.25) is 0 Å². The summed E-state index contributed by atoms with van der Waals surface area (Å²) in [4.78, 5) is 16.4. The van der Waals surface area contributed by atoms with Gasteiger partial charge in [0.1, 0.15) is 12.4 Å². The maximum atomic E-state index is 12.1. The maximum Gasteiger partial charge on any atom is 0.363 e. The molecule has 3 rings (SSSR count). The second kappa shape index (κ2) is 7.44. The summed E-state index contributed by atoms with van der Waals surface area (Å²) in [5, 5.41) is 0. The fraction of sp³-hybridized carbons (Fsp3) is 0.0526. The van der Waals surface area contributed by atoms with Gasteiger partial charge in [0.05, 0.1) is 0 Å². The lowest BCUT2D eigenvalue weighted by Crippen LogP contribution is -2.05. The average molecular weight is 431 g/mol. The number of esters is 1. The summed E-state index contributed by atoms with van der Waals surface area (Å²) in [5.74, 6) is 0.507. The summed E-state index contributed by atoms with van der Waals surface area (Å²) in [6.45, 7) is 4.02. The van der Waals surface area contributed by atoms with Gasteiger partial charge in [-0.2, -0.15) is 0 Å². The molecule has 0 aliphatic carbocycles. The summed E-state index contributed by atoms with van der Waals surface area (Å²) in [5.41, 5.74) is 1.78. The molecular formula is C19H14INO3. The van der Waals surface area contributed by atoms with Gasteiger partial charge < -0.3 is 9.47 Å². The van der Waals surface area contributed by atoms with Crippen LogP contribution in [0.3, 0.4) is 0 Å². The van der Waals surface area contributed by atoms with Crippen molar-refractivity contribution >= 4 is 40.5 Å². The van der Waals surface area contributed by atoms with Crippen molar-refractivity contribution in [1.29, 1.82) is 0 Å². The number of rotatable bonds is 5. The van der Waals surface area contributed by atoms with Crippen LogP contribution in [0, 0.1) is 3.57 Å². The summed E-state index contributed by atoms with van der Waals surface area (Å²) in [6, 6.07) is 15.1. The Morgan fingerprint density at radius 2 is 2.04 bits per heavy atom. The minimum absolute atomic E-state index is 0.249. The molecule has 2 aromatic carbocycles. The van der Waals surface area contributed by atoms with Gasteiger partial charge in [-0.3, -0.25) is 0 Å². The number of ether oxygens (including phenoxy) is 2. The molecular weight excluding hydrogens is 417 g/mol. The average Bonchev–Trinajstić information content (AvgIpc) is 2.95. The number of carbonyl (C=O) groups excluding carboxylic acids is 1. The van der Waals surface area contributed by atoms with Gasteiger partial charge in [0.15, 0.2) is 5.70 Å². The van der Waals surface area contributed by atoms with E-state index >= 15 is 0 Å². The molecule has 1 aliphatic heterocycles. The maximum absolute atomic E-state index is 12.1. The number of cyclic esters (lactones) is 1. The van der Waals surface area contributed by atoms with Crippen LogP contribution in [0.5, 0.6) is 5.75 Å². The minimum Gasteiger partial charge on any atom is -0.489 e. The minimum atomic E-state index is -0.470. The number of hydrogen-bond donors (Lipinski definition) is 0. The Hall–Kier alpha value is -2.41. The molecule has 0 amide bonds. The lowest BCUT2D eigenvalue weighted by atomic mass is 10.1. The monoisotopic (exact) mass is 431 g/mol. The molecule has 0 fully saturated rings. The van der Waals surface area contributed by atoms with Crippen molar-refractivity contribution in [2.24, 2.45) is 4.99 Å². The fourth-order valence-corrected chi connectivity index (χ4v) is 2.72. The number of para-hydroxylation sites is 1. The van der Waals surface area contributed by atoms with E-state index in [1.54, 1.807) is 12.2 Å². The van der Waals surface area contributed by atoms with Gasteiger partial charge in [-0.1, -0.05) is 36.9 Å². The van der Waals surface area contributed by atoms with E-state index in [0.29, 0.717) is 18.3 Å². The Bertz CT molecular complexity index is 855. The lowest BCUT2D eigenvalue weighted by Gasteiger charge is -2.06. The zero-order valence-corrected chi connectivity index (χ0v) is 14.9. The molecule has 0 unspecified atom stereocenters. The van der Waals surface area contributed by atoms with E-state index in [2.05, 4.69) is 34.2 Å². The van der Waals surface area contributed by atoms with Crippen molar-refractivity contribution in [3.05, 3.63) is 81.6 Å². The van der Waals surface area contributed by atoms with Gasteiger partial charge in [0.25, 0.3) is 0 Å². The SMILES string of the molecule is C=CCOc1ccccc1/C=C1\N=C(c2cccc(I)c2)OC1=O. The number of carbonyl (C=O) groups is 1. The Labute approximate surface area is 153 Å². The summed E-state index contributed by atoms with van der Waals surface area (Å²) >= 11 is 2.20. The van der Waals surface area contributed by atoms with Crippen molar-refractivity contribution in [1.82, 2.24) is 0 Å². The molecule has 0 radical (unpaired) electrons. The number of nitrogens with zero attached hydrogens (tertiary/aromatic N) is 1. The molecule has 24 heavy (non-hydrogen) atoms. The molecule has 4 nitrogen and oxygen atoms in total. The van der Waals surface area contributed by atoms with Crippen LogP contribution in [0.4, 0.5) is 0 Å². The zero-order chi connectivity index (χ0) is 16.9. The molecule has 0 spiro atoms. The Morgan fingerprint density at radius 3 is 2.83 bits per heavy atom. The van der Waals surface area contributed by atoms with E-state index in [1.807, 2.05) is 48.5 Å². The second-order valence-electron chi connectivity index (χ2n) is 4.98. The first-order valence-corrected chi connectivity index (χ1v) is 8.36. The first-order valence-electron chi connectivity index (χ1n) is 7.28. The van der Waals surface area contributed by atoms with Crippen molar-refractivity contribution in [3.8, 4) is 5.75 Å². The van der Waals surface area contributed by atoms with Crippen molar-refractivity contribution < 1.29 is 14.3 Å². The van der Waals surface area contributed by atoms with Crippen molar-refractivity contribution in [2.45, 2.75) is 0 Å². The van der Waals surface area contributed by atoms with Gasteiger partial charge in [-0.05, 0) is 52.9 Å². The predicted molar refractivity (Wildman–Crippen MR) is 102 cm³/mol. The highest BCUT2D eigenvalue weighted by molar-refractivity contribution is 14.1. The summed E-state index contributed by atoms with van der Waals surface area (Å²) in [7, 11) is 0. The van der Waals surface area contributed by atoms with Crippen molar-refractivity contribution in [3.63, 3.8) is 0 Å². The normalized spacial score (nSPS) is 15.1. The quantitative estimate of drug-likeness (QED) is 0.309. The predicted octanol–water partition coefficient (Wildman–Crippen LogP) is 4.20. The standard InChI is InChI=1S/C19H14INO3/c1-2-10-23-17-9-4-3-6-13(17)12-16-19(22)24-18(21-16)14-7-5-8-15(20)11-14/h2-9,11-12H,1,10H2/b16-12-. The van der Waals surface area contributed by atoms with Crippen molar-refractivity contribution in [2.75, 3.05) is 6.61 Å². The third-order valence-corrected chi connectivity index (χ3v) is 3.93. The molecule has 2 aromatic rings. The highest BCUT2D eigenvalue weighted by atomic mass is 127. The van der Waals surface area contributed by atoms with Gasteiger partial charge in [0, 0.05) is 14.7 Å². The van der Waals surface area contributed by atoms with Gasteiger partial charge >= 0.3 is 5.97 Å². The molecule has 5 heteroatoms. The van der Waals surface area contributed by atoms with Gasteiger partial charge in [-0.25, -0.2) is 9.79 Å². The highest BCUT2D eigenvalue weighted by Crippen LogP contribution is 2.25. The van der Waals surface area contributed by atoms with Gasteiger partial charge in [0.2, 0.25) is 5.90 Å². The van der Waals surface area contributed by atoms with Crippen LogP contribution in [0.25, 0.3) is 6.08 Å². The fourth-order valence-electron chi connectivity index (χ4n) is 2.18. The summed E-state index contributed by atoms with van der Waals surface area (Å²) < 4.78 is 11.9. The molecule has 0 atom stereocenters. The van der Waals surface area contributed by atoms with Crippen LogP contribution < -0.4 is 4.74 Å². The number of halogens is 1. The van der Waals surface area contributed by atoms with Gasteiger partial charge in [-0.15, -0.1) is 0 Å². The molecule has 0 aromatic heterocycles. The molecule has 1 heterocycles. The first-order chi connectivity index (χ1) is 11.7. The summed E-state index contributed by atoms with van der Waals surface area (Å²) in [6.07, 6.45) is 3.34. The molecule has 0 N–H and O–H groups in total.